The molecule has 1 saturated carbocycles. The summed E-state index contributed by atoms with van der Waals surface area (Å²) in [5, 5.41) is 7.91. The van der Waals surface area contributed by atoms with E-state index in [0.717, 1.165) is 18.4 Å². The highest BCUT2D eigenvalue weighted by molar-refractivity contribution is 5.20. The summed E-state index contributed by atoms with van der Waals surface area (Å²) in [6, 6.07) is 1.07. The highest BCUT2D eigenvalue weighted by Crippen LogP contribution is 2.46. The van der Waals surface area contributed by atoms with E-state index in [0.29, 0.717) is 12.1 Å². The maximum Gasteiger partial charge on any atom is 0.0524 e. The molecule has 3 nitrogen and oxygen atoms in total. The van der Waals surface area contributed by atoms with Crippen molar-refractivity contribution in [2.45, 2.75) is 52.1 Å². The first kappa shape index (κ1) is 11.6. The van der Waals surface area contributed by atoms with Crippen molar-refractivity contribution in [3.63, 3.8) is 0 Å². The summed E-state index contributed by atoms with van der Waals surface area (Å²) < 4.78 is 2.06. The number of aromatic nitrogens is 2. The van der Waals surface area contributed by atoms with Crippen LogP contribution in [0.15, 0.2) is 12.4 Å². The zero-order chi connectivity index (χ0) is 11.7. The van der Waals surface area contributed by atoms with Crippen molar-refractivity contribution in [2.75, 3.05) is 6.54 Å². The predicted octanol–water partition coefficient (Wildman–Crippen LogP) is 2.57. The lowest BCUT2D eigenvalue weighted by Crippen LogP contribution is -2.25. The number of rotatable bonds is 5. The summed E-state index contributed by atoms with van der Waals surface area (Å²) >= 11 is 0. The topological polar surface area (TPSA) is 29.9 Å². The Labute approximate surface area is 98.2 Å². The van der Waals surface area contributed by atoms with Crippen LogP contribution in [0.2, 0.25) is 0 Å². The molecule has 0 saturated heterocycles. The van der Waals surface area contributed by atoms with Crippen LogP contribution in [0.4, 0.5) is 0 Å². The maximum absolute atomic E-state index is 4.40. The Kier molecular flexibility index (Phi) is 3.33. The number of hydrogen-bond donors (Lipinski definition) is 1. The molecular weight excluding hydrogens is 198 g/mol. The van der Waals surface area contributed by atoms with Gasteiger partial charge in [0.25, 0.3) is 0 Å². The summed E-state index contributed by atoms with van der Waals surface area (Å²) in [5.74, 6) is 1.57. The van der Waals surface area contributed by atoms with Crippen LogP contribution in [0.5, 0.6) is 0 Å². The van der Waals surface area contributed by atoms with Gasteiger partial charge >= 0.3 is 0 Å². The average molecular weight is 221 g/mol. The van der Waals surface area contributed by atoms with Gasteiger partial charge in [-0.15, -0.1) is 0 Å². The van der Waals surface area contributed by atoms with Crippen molar-refractivity contribution >= 4 is 0 Å². The molecule has 1 aromatic heterocycles. The van der Waals surface area contributed by atoms with Gasteiger partial charge in [-0.1, -0.05) is 13.8 Å². The van der Waals surface area contributed by atoms with Crippen LogP contribution in [0.25, 0.3) is 0 Å². The third kappa shape index (κ3) is 2.64. The Morgan fingerprint density at radius 2 is 2.19 bits per heavy atom. The van der Waals surface area contributed by atoms with E-state index in [2.05, 4.69) is 49.0 Å². The molecule has 2 unspecified atom stereocenters. The van der Waals surface area contributed by atoms with E-state index in [-0.39, 0.29) is 0 Å². The predicted molar refractivity (Wildman–Crippen MR) is 66.6 cm³/mol. The van der Waals surface area contributed by atoms with Gasteiger partial charge in [0.2, 0.25) is 0 Å². The number of nitrogens with zero attached hydrogens (tertiary/aromatic N) is 2. The molecule has 1 N–H and O–H groups in total. The molecule has 1 heterocycles. The van der Waals surface area contributed by atoms with E-state index in [1.807, 2.05) is 6.20 Å². The standard InChI is InChI=1S/C13H23N3/c1-9(2)14-6-11-5-13(11)12-7-15-16(8-12)10(3)4/h7-11,13-14H,5-6H2,1-4H3. The summed E-state index contributed by atoms with van der Waals surface area (Å²) in [6.45, 7) is 9.89. The van der Waals surface area contributed by atoms with E-state index < -0.39 is 0 Å². The minimum atomic E-state index is 0.472. The molecule has 16 heavy (non-hydrogen) atoms. The molecule has 90 valence electrons. The van der Waals surface area contributed by atoms with Gasteiger partial charge in [0, 0.05) is 18.3 Å². The van der Waals surface area contributed by atoms with Crippen molar-refractivity contribution in [3.05, 3.63) is 18.0 Å². The fraction of sp³-hybridized carbons (Fsp3) is 0.769. The molecule has 1 fully saturated rings. The second-order valence-electron chi connectivity index (χ2n) is 5.51. The summed E-state index contributed by atoms with van der Waals surface area (Å²) in [5.41, 5.74) is 1.42. The van der Waals surface area contributed by atoms with Gasteiger partial charge in [0.05, 0.1) is 6.20 Å². The first-order valence-corrected chi connectivity index (χ1v) is 6.35. The maximum atomic E-state index is 4.40. The molecule has 1 aliphatic carbocycles. The zero-order valence-electron chi connectivity index (χ0n) is 10.8. The van der Waals surface area contributed by atoms with Gasteiger partial charge in [-0.25, -0.2) is 0 Å². The van der Waals surface area contributed by atoms with E-state index in [4.69, 9.17) is 0 Å². The molecule has 0 radical (unpaired) electrons. The highest BCUT2D eigenvalue weighted by Gasteiger charge is 2.38. The molecule has 2 atom stereocenters. The quantitative estimate of drug-likeness (QED) is 0.828. The van der Waals surface area contributed by atoms with E-state index in [1.54, 1.807) is 0 Å². The summed E-state index contributed by atoms with van der Waals surface area (Å²) in [6.07, 6.45) is 5.58. The minimum Gasteiger partial charge on any atom is -0.314 e. The van der Waals surface area contributed by atoms with Crippen LogP contribution >= 0.6 is 0 Å². The van der Waals surface area contributed by atoms with Crippen molar-refractivity contribution in [3.8, 4) is 0 Å². The molecule has 1 aromatic rings. The third-order valence-corrected chi connectivity index (χ3v) is 3.29. The highest BCUT2D eigenvalue weighted by atomic mass is 15.3. The van der Waals surface area contributed by atoms with E-state index >= 15 is 0 Å². The lowest BCUT2D eigenvalue weighted by Gasteiger charge is -2.06. The molecule has 3 heteroatoms. The van der Waals surface area contributed by atoms with Gasteiger partial charge in [-0.2, -0.15) is 5.10 Å². The Bertz CT molecular complexity index is 341. The van der Waals surface area contributed by atoms with E-state index in [1.165, 1.54) is 12.0 Å². The van der Waals surface area contributed by atoms with Crippen LogP contribution in [0.3, 0.4) is 0 Å². The van der Waals surface area contributed by atoms with Crippen LogP contribution in [0.1, 0.15) is 51.6 Å². The Morgan fingerprint density at radius 1 is 1.44 bits per heavy atom. The fourth-order valence-corrected chi connectivity index (χ4v) is 2.10. The van der Waals surface area contributed by atoms with E-state index in [9.17, 15) is 0 Å². The first-order chi connectivity index (χ1) is 7.58. The van der Waals surface area contributed by atoms with Gasteiger partial charge in [0.15, 0.2) is 0 Å². The monoisotopic (exact) mass is 221 g/mol. The number of hydrogen-bond acceptors (Lipinski definition) is 2. The molecule has 1 aliphatic rings. The molecule has 0 aromatic carbocycles. The molecule has 0 amide bonds. The second-order valence-corrected chi connectivity index (χ2v) is 5.51. The summed E-state index contributed by atoms with van der Waals surface area (Å²) in [7, 11) is 0. The Hall–Kier alpha value is -0.830. The van der Waals surface area contributed by atoms with Crippen molar-refractivity contribution in [1.29, 1.82) is 0 Å². The summed E-state index contributed by atoms with van der Waals surface area (Å²) in [4.78, 5) is 0. The van der Waals surface area contributed by atoms with Gasteiger partial charge in [0.1, 0.15) is 0 Å². The zero-order valence-corrected chi connectivity index (χ0v) is 10.8. The van der Waals surface area contributed by atoms with Gasteiger partial charge < -0.3 is 5.32 Å². The van der Waals surface area contributed by atoms with Crippen molar-refractivity contribution in [2.24, 2.45) is 5.92 Å². The lowest BCUT2D eigenvalue weighted by atomic mass is 10.2. The molecular formula is C13H23N3. The molecule has 2 rings (SSSR count). The third-order valence-electron chi connectivity index (χ3n) is 3.29. The molecule has 0 aliphatic heterocycles. The Morgan fingerprint density at radius 3 is 2.75 bits per heavy atom. The van der Waals surface area contributed by atoms with Crippen LogP contribution in [-0.4, -0.2) is 22.4 Å². The smallest absolute Gasteiger partial charge is 0.0524 e. The average Bonchev–Trinajstić information content (AvgIpc) is 2.81. The second kappa shape index (κ2) is 4.58. The van der Waals surface area contributed by atoms with Crippen LogP contribution < -0.4 is 5.32 Å². The van der Waals surface area contributed by atoms with Gasteiger partial charge in [-0.3, -0.25) is 4.68 Å². The largest absolute Gasteiger partial charge is 0.314 e. The molecule has 0 bridgehead atoms. The van der Waals surface area contributed by atoms with Crippen LogP contribution in [0, 0.1) is 5.92 Å². The number of nitrogens with one attached hydrogen (secondary N) is 1. The Balaban J connectivity index is 1.86. The van der Waals surface area contributed by atoms with Gasteiger partial charge in [-0.05, 0) is 44.2 Å². The first-order valence-electron chi connectivity index (χ1n) is 6.35. The fourth-order valence-electron chi connectivity index (χ4n) is 2.10. The van der Waals surface area contributed by atoms with Crippen molar-refractivity contribution in [1.82, 2.24) is 15.1 Å². The SMILES string of the molecule is CC(C)NCC1CC1c1cnn(C(C)C)c1. The van der Waals surface area contributed by atoms with Crippen LogP contribution in [-0.2, 0) is 0 Å². The molecule has 0 spiro atoms. The van der Waals surface area contributed by atoms with Crippen molar-refractivity contribution < 1.29 is 0 Å². The minimum absolute atomic E-state index is 0.472. The lowest BCUT2D eigenvalue weighted by molar-refractivity contribution is 0.531. The normalized spacial score (nSPS) is 24.4.